The van der Waals surface area contributed by atoms with Crippen LogP contribution in [0.3, 0.4) is 0 Å². The predicted molar refractivity (Wildman–Crippen MR) is 83.0 cm³/mol. The summed E-state index contributed by atoms with van der Waals surface area (Å²) in [6.07, 6.45) is 1.67. The Balaban J connectivity index is 2.03. The number of amides is 1. The highest BCUT2D eigenvalue weighted by molar-refractivity contribution is 5.95. The molecule has 0 spiro atoms. The Labute approximate surface area is 123 Å². The molecule has 0 radical (unpaired) electrons. The monoisotopic (exact) mass is 283 g/mol. The van der Waals surface area contributed by atoms with Crippen LogP contribution >= 0.6 is 0 Å². The number of benzene rings is 1. The molecular formula is C16H17N3O2. The summed E-state index contributed by atoms with van der Waals surface area (Å²) in [5.74, 6) is 1.64. The Kier molecular flexibility index (Phi) is 4.59. The molecule has 2 rings (SSSR count). The highest BCUT2D eigenvalue weighted by atomic mass is 16.1. The molecule has 2 N–H and O–H groups in total. The van der Waals surface area contributed by atoms with Crippen LogP contribution in [0.5, 0.6) is 0 Å². The first-order chi connectivity index (χ1) is 10.1. The summed E-state index contributed by atoms with van der Waals surface area (Å²) in [4.78, 5) is 27.7. The van der Waals surface area contributed by atoms with Gasteiger partial charge in [-0.1, -0.05) is 12.1 Å². The maximum atomic E-state index is 11.8. The fraction of sp³-hybridized carbons (Fsp3) is 0.188. The largest absolute Gasteiger partial charge is 0.378 e. The molecular weight excluding hydrogens is 266 g/mol. The van der Waals surface area contributed by atoms with Crippen LogP contribution in [0.4, 0.5) is 5.69 Å². The van der Waals surface area contributed by atoms with E-state index in [9.17, 15) is 9.59 Å². The molecule has 21 heavy (non-hydrogen) atoms. The minimum absolute atomic E-state index is 0.142. The Morgan fingerprint density at radius 2 is 1.95 bits per heavy atom. The van der Waals surface area contributed by atoms with Crippen molar-refractivity contribution in [3.8, 4) is 0 Å². The first-order valence-corrected chi connectivity index (χ1v) is 6.55. The molecule has 0 atom stereocenters. The van der Waals surface area contributed by atoms with E-state index < -0.39 is 0 Å². The summed E-state index contributed by atoms with van der Waals surface area (Å²) in [6.45, 7) is 0.142. The van der Waals surface area contributed by atoms with E-state index in [2.05, 4.69) is 10.3 Å². The van der Waals surface area contributed by atoms with E-state index in [1.54, 1.807) is 18.3 Å². The zero-order valence-electron chi connectivity index (χ0n) is 12.0. The van der Waals surface area contributed by atoms with Crippen LogP contribution in [0.1, 0.15) is 16.1 Å². The summed E-state index contributed by atoms with van der Waals surface area (Å²) in [5.41, 5.74) is 2.67. The lowest BCUT2D eigenvalue weighted by Gasteiger charge is -2.13. The SMILES string of the molecule is CN(C)c1ccc(C(=C=O)CNC(=O)c2ccc[nH]2)cc1. The molecule has 0 bridgehead atoms. The van der Waals surface area contributed by atoms with Crippen molar-refractivity contribution in [1.82, 2.24) is 10.3 Å². The second-order valence-electron chi connectivity index (χ2n) is 4.79. The lowest BCUT2D eigenvalue weighted by molar-refractivity contribution is 0.0954. The van der Waals surface area contributed by atoms with E-state index in [0.29, 0.717) is 11.3 Å². The van der Waals surface area contributed by atoms with Gasteiger partial charge in [-0.05, 0) is 29.8 Å². The quantitative estimate of drug-likeness (QED) is 0.821. The van der Waals surface area contributed by atoms with E-state index in [1.807, 2.05) is 49.2 Å². The number of aromatic nitrogens is 1. The van der Waals surface area contributed by atoms with Gasteiger partial charge in [0.15, 0.2) is 0 Å². The molecule has 1 aromatic carbocycles. The summed E-state index contributed by atoms with van der Waals surface area (Å²) < 4.78 is 0. The number of hydrogen-bond donors (Lipinski definition) is 2. The molecule has 0 fully saturated rings. The fourth-order valence-electron chi connectivity index (χ4n) is 1.89. The minimum Gasteiger partial charge on any atom is -0.378 e. The maximum absolute atomic E-state index is 11.8. The lowest BCUT2D eigenvalue weighted by atomic mass is 10.1. The van der Waals surface area contributed by atoms with Gasteiger partial charge in [0.2, 0.25) is 0 Å². The van der Waals surface area contributed by atoms with E-state index in [-0.39, 0.29) is 12.5 Å². The van der Waals surface area contributed by atoms with Crippen molar-refractivity contribution in [3.63, 3.8) is 0 Å². The van der Waals surface area contributed by atoms with E-state index in [0.717, 1.165) is 11.3 Å². The minimum atomic E-state index is -0.252. The number of anilines is 1. The van der Waals surface area contributed by atoms with Crippen molar-refractivity contribution in [2.24, 2.45) is 0 Å². The zero-order valence-corrected chi connectivity index (χ0v) is 12.0. The van der Waals surface area contributed by atoms with Gasteiger partial charge in [-0.3, -0.25) is 4.79 Å². The average molecular weight is 283 g/mol. The Hall–Kier alpha value is -2.78. The zero-order chi connectivity index (χ0) is 15.2. The van der Waals surface area contributed by atoms with Crippen molar-refractivity contribution in [2.45, 2.75) is 0 Å². The van der Waals surface area contributed by atoms with Crippen LogP contribution in [0, 0.1) is 0 Å². The predicted octanol–water partition coefficient (Wildman–Crippen LogP) is 1.73. The molecule has 5 heteroatoms. The molecule has 1 heterocycles. The number of carbonyl (C=O) groups excluding carboxylic acids is 2. The van der Waals surface area contributed by atoms with Crippen molar-refractivity contribution < 1.29 is 9.59 Å². The second kappa shape index (κ2) is 6.59. The van der Waals surface area contributed by atoms with E-state index >= 15 is 0 Å². The molecule has 0 aliphatic carbocycles. The number of hydrogen-bond acceptors (Lipinski definition) is 3. The summed E-state index contributed by atoms with van der Waals surface area (Å²) in [7, 11) is 3.89. The van der Waals surface area contributed by atoms with Crippen molar-refractivity contribution in [3.05, 3.63) is 53.9 Å². The molecule has 2 aromatic rings. The Bertz CT molecular complexity index is 651. The van der Waals surface area contributed by atoms with Gasteiger partial charge in [-0.2, -0.15) is 0 Å². The number of aromatic amines is 1. The number of nitrogens with one attached hydrogen (secondary N) is 2. The van der Waals surface area contributed by atoms with Crippen molar-refractivity contribution in [1.29, 1.82) is 0 Å². The van der Waals surface area contributed by atoms with E-state index in [1.165, 1.54) is 0 Å². The van der Waals surface area contributed by atoms with Gasteiger partial charge < -0.3 is 15.2 Å². The topological polar surface area (TPSA) is 65.2 Å². The standard InChI is InChI=1S/C16H17N3O2/c1-19(2)14-7-5-12(6-8-14)13(11-20)10-18-16(21)15-4-3-9-17-15/h3-9,17H,10H2,1-2H3,(H,18,21). The van der Waals surface area contributed by atoms with Crippen LogP contribution in [0.2, 0.25) is 0 Å². The summed E-state index contributed by atoms with van der Waals surface area (Å²) in [5, 5.41) is 2.69. The number of rotatable bonds is 5. The molecule has 0 saturated heterocycles. The fourth-order valence-corrected chi connectivity index (χ4v) is 1.89. The smallest absolute Gasteiger partial charge is 0.267 e. The van der Waals surface area contributed by atoms with Crippen LogP contribution in [-0.4, -0.2) is 37.5 Å². The number of H-pyrrole nitrogens is 1. The van der Waals surface area contributed by atoms with Gasteiger partial charge in [0.05, 0.1) is 12.1 Å². The third-order valence-corrected chi connectivity index (χ3v) is 3.12. The Morgan fingerprint density at radius 1 is 1.24 bits per heavy atom. The Morgan fingerprint density at radius 3 is 2.48 bits per heavy atom. The molecule has 0 aliphatic rings. The van der Waals surface area contributed by atoms with Gasteiger partial charge >= 0.3 is 0 Å². The van der Waals surface area contributed by atoms with Gasteiger partial charge in [-0.15, -0.1) is 0 Å². The average Bonchev–Trinajstić information content (AvgIpc) is 3.02. The first-order valence-electron chi connectivity index (χ1n) is 6.55. The van der Waals surface area contributed by atoms with Crippen molar-refractivity contribution in [2.75, 3.05) is 25.5 Å². The number of nitrogens with zero attached hydrogens (tertiary/aromatic N) is 1. The van der Waals surface area contributed by atoms with Crippen LogP contribution in [0.25, 0.3) is 5.57 Å². The van der Waals surface area contributed by atoms with Gasteiger partial charge in [0.25, 0.3) is 5.91 Å². The highest BCUT2D eigenvalue weighted by Gasteiger charge is 2.09. The second-order valence-corrected chi connectivity index (χ2v) is 4.79. The van der Waals surface area contributed by atoms with Crippen LogP contribution in [-0.2, 0) is 4.79 Å². The maximum Gasteiger partial charge on any atom is 0.267 e. The number of carbonyl (C=O) groups is 1. The van der Waals surface area contributed by atoms with Crippen LogP contribution < -0.4 is 10.2 Å². The van der Waals surface area contributed by atoms with Crippen LogP contribution in [0.15, 0.2) is 42.6 Å². The summed E-state index contributed by atoms with van der Waals surface area (Å²) in [6, 6.07) is 10.9. The third kappa shape index (κ3) is 3.61. The van der Waals surface area contributed by atoms with Crippen molar-refractivity contribution >= 4 is 23.1 Å². The van der Waals surface area contributed by atoms with Gasteiger partial charge in [0, 0.05) is 26.0 Å². The first kappa shape index (κ1) is 14.6. The summed E-state index contributed by atoms with van der Waals surface area (Å²) >= 11 is 0. The molecule has 0 unspecified atom stereocenters. The normalized spacial score (nSPS) is 9.81. The van der Waals surface area contributed by atoms with Gasteiger partial charge in [-0.25, -0.2) is 4.79 Å². The molecule has 0 aliphatic heterocycles. The highest BCUT2D eigenvalue weighted by Crippen LogP contribution is 2.16. The molecule has 1 amide bonds. The molecule has 5 nitrogen and oxygen atoms in total. The molecule has 1 aromatic heterocycles. The lowest BCUT2D eigenvalue weighted by Crippen LogP contribution is -2.25. The molecule has 108 valence electrons. The molecule has 0 saturated carbocycles. The third-order valence-electron chi connectivity index (χ3n) is 3.12. The van der Waals surface area contributed by atoms with E-state index in [4.69, 9.17) is 0 Å². The van der Waals surface area contributed by atoms with Gasteiger partial charge in [0.1, 0.15) is 11.6 Å².